The Labute approximate surface area is 306 Å². The number of hydrogen-bond acceptors (Lipinski definition) is 1. The minimum absolute atomic E-state index is 0.159. The second-order valence-corrected chi connectivity index (χ2v) is 15.8. The van der Waals surface area contributed by atoms with Crippen LogP contribution in [-0.4, -0.2) is 14.5 Å². The molecule has 0 N–H and O–H groups in total. The van der Waals surface area contributed by atoms with E-state index < -0.39 is 0 Å². The summed E-state index contributed by atoms with van der Waals surface area (Å²) in [5.41, 5.74) is 10.1. The van der Waals surface area contributed by atoms with Crippen molar-refractivity contribution in [1.82, 2.24) is 0 Å². The van der Waals surface area contributed by atoms with Gasteiger partial charge in [-0.2, -0.15) is 0 Å². The van der Waals surface area contributed by atoms with Crippen molar-refractivity contribution in [2.45, 2.75) is 0 Å². The number of hydrogen-bond donors (Lipinski definition) is 0. The van der Waals surface area contributed by atoms with E-state index in [0.29, 0.717) is 0 Å². The summed E-state index contributed by atoms with van der Waals surface area (Å²) in [7, 11) is 0. The Balaban J connectivity index is 1.18. The van der Waals surface area contributed by atoms with Crippen LogP contribution in [0.3, 0.4) is 0 Å². The van der Waals surface area contributed by atoms with Crippen LogP contribution in [0.4, 0.5) is 0 Å². The third-order valence-corrected chi connectivity index (χ3v) is 13.3. The van der Waals surface area contributed by atoms with E-state index in [4.69, 9.17) is 4.42 Å². The summed E-state index contributed by atoms with van der Waals surface area (Å²) in [5.74, 6) is 0. The molecule has 0 unspecified atom stereocenters. The molecule has 11 rings (SSSR count). The van der Waals surface area contributed by atoms with Gasteiger partial charge in [0.15, 0.2) is 0 Å². The standard InChI is InChI=1S/C50H30OSe/c1-2-13-31(14-3-1)46-34-15-4-6-17-36(34)47(37-18-7-5-16-35(37)46)32-25-26-45-44(29-32)42-23-12-24-43(50(42)52-45)49-40-21-10-8-19-38(40)48(33-27-28-51-30-33)39-20-9-11-22-41(39)49/h1-30H. The molecule has 0 atom stereocenters. The molecule has 0 radical (unpaired) electrons. The first-order valence-electron chi connectivity index (χ1n) is 17.7. The Morgan fingerprint density at radius 2 is 0.808 bits per heavy atom. The van der Waals surface area contributed by atoms with Crippen molar-refractivity contribution in [2.75, 3.05) is 0 Å². The third-order valence-electron chi connectivity index (χ3n) is 10.8. The van der Waals surface area contributed by atoms with E-state index in [9.17, 15) is 0 Å². The van der Waals surface area contributed by atoms with Crippen LogP contribution < -0.4 is 0 Å². The van der Waals surface area contributed by atoms with Gasteiger partial charge in [-0.3, -0.25) is 0 Å². The molecule has 0 spiro atoms. The molecule has 9 aromatic carbocycles. The second kappa shape index (κ2) is 11.7. The van der Waals surface area contributed by atoms with E-state index in [1.54, 1.807) is 6.26 Å². The second-order valence-electron chi connectivity index (χ2n) is 13.6. The molecule has 0 saturated heterocycles. The van der Waals surface area contributed by atoms with Crippen LogP contribution >= 0.6 is 0 Å². The van der Waals surface area contributed by atoms with Crippen LogP contribution in [0, 0.1) is 0 Å². The summed E-state index contributed by atoms with van der Waals surface area (Å²) in [6.07, 6.45) is 3.64. The molecule has 52 heavy (non-hydrogen) atoms. The van der Waals surface area contributed by atoms with Crippen molar-refractivity contribution in [3.63, 3.8) is 0 Å². The van der Waals surface area contributed by atoms with Crippen LogP contribution in [0.2, 0.25) is 0 Å². The van der Waals surface area contributed by atoms with E-state index in [2.05, 4.69) is 170 Å². The van der Waals surface area contributed by atoms with E-state index in [-0.39, 0.29) is 14.5 Å². The summed E-state index contributed by atoms with van der Waals surface area (Å²) in [6, 6.07) is 62.8. The normalized spacial score (nSPS) is 11.8. The van der Waals surface area contributed by atoms with Gasteiger partial charge in [0, 0.05) is 0 Å². The van der Waals surface area contributed by atoms with Crippen LogP contribution in [0.5, 0.6) is 0 Å². The number of furan rings is 1. The zero-order valence-corrected chi connectivity index (χ0v) is 29.9. The Morgan fingerprint density at radius 3 is 1.35 bits per heavy atom. The SMILES string of the molecule is c1ccc(-c2c3ccccc3c(-c3ccc4[se]c5c(-c6c7ccccc7c(-c7ccoc7)c7ccccc67)cccc5c4c3)c3ccccc23)cc1. The quantitative estimate of drug-likeness (QED) is 0.130. The first-order chi connectivity index (χ1) is 25.8. The molecular formula is C50H30OSe. The Bertz CT molecular complexity index is 3050. The first kappa shape index (κ1) is 29.5. The molecule has 0 aliphatic heterocycles. The van der Waals surface area contributed by atoms with Gasteiger partial charge in [-0.1, -0.05) is 0 Å². The van der Waals surface area contributed by atoms with Gasteiger partial charge in [0.1, 0.15) is 0 Å². The zero-order chi connectivity index (χ0) is 34.2. The van der Waals surface area contributed by atoms with Crippen LogP contribution in [-0.2, 0) is 0 Å². The molecule has 1 nitrogen and oxygen atoms in total. The molecule has 0 aliphatic rings. The summed E-state index contributed by atoms with van der Waals surface area (Å²) >= 11 is 0.159. The van der Waals surface area contributed by atoms with Gasteiger partial charge in [-0.15, -0.1) is 0 Å². The molecule has 2 heterocycles. The van der Waals surface area contributed by atoms with Gasteiger partial charge in [-0.25, -0.2) is 0 Å². The zero-order valence-electron chi connectivity index (χ0n) is 28.1. The van der Waals surface area contributed by atoms with Crippen molar-refractivity contribution >= 4 is 76.9 Å². The van der Waals surface area contributed by atoms with Gasteiger partial charge < -0.3 is 0 Å². The Hall–Kier alpha value is -6.18. The fourth-order valence-electron chi connectivity index (χ4n) is 8.64. The minimum atomic E-state index is 0.159. The van der Waals surface area contributed by atoms with E-state index in [0.717, 1.165) is 5.56 Å². The summed E-state index contributed by atoms with van der Waals surface area (Å²) < 4.78 is 8.50. The molecule has 0 fully saturated rings. The van der Waals surface area contributed by atoms with Gasteiger partial charge in [0.25, 0.3) is 0 Å². The van der Waals surface area contributed by atoms with Gasteiger partial charge in [0.05, 0.1) is 0 Å². The maximum atomic E-state index is 5.60. The van der Waals surface area contributed by atoms with Crippen LogP contribution in [0.25, 0.3) is 107 Å². The van der Waals surface area contributed by atoms with Crippen molar-refractivity contribution < 1.29 is 4.42 Å². The number of rotatable bonds is 4. The van der Waals surface area contributed by atoms with E-state index in [1.165, 1.54) is 101 Å². The molecule has 2 aromatic heterocycles. The molecule has 0 amide bonds. The number of fused-ring (bicyclic) bond motifs is 7. The van der Waals surface area contributed by atoms with Gasteiger partial charge in [-0.05, 0) is 0 Å². The molecule has 242 valence electrons. The van der Waals surface area contributed by atoms with Gasteiger partial charge >= 0.3 is 308 Å². The molecular weight excluding hydrogens is 696 g/mol. The molecule has 0 bridgehead atoms. The van der Waals surface area contributed by atoms with E-state index in [1.807, 2.05) is 6.26 Å². The molecule has 11 aromatic rings. The van der Waals surface area contributed by atoms with Crippen molar-refractivity contribution in [3.05, 3.63) is 182 Å². The van der Waals surface area contributed by atoms with Crippen molar-refractivity contribution in [3.8, 4) is 44.5 Å². The van der Waals surface area contributed by atoms with Crippen LogP contribution in [0.1, 0.15) is 0 Å². The average Bonchev–Trinajstić information content (AvgIpc) is 3.88. The summed E-state index contributed by atoms with van der Waals surface area (Å²) in [5, 5.41) is 12.9. The van der Waals surface area contributed by atoms with Crippen molar-refractivity contribution in [2.24, 2.45) is 0 Å². The predicted octanol–water partition coefficient (Wildman–Crippen LogP) is 13.9. The topological polar surface area (TPSA) is 13.1 Å². The van der Waals surface area contributed by atoms with Gasteiger partial charge in [0.2, 0.25) is 0 Å². The van der Waals surface area contributed by atoms with Crippen molar-refractivity contribution in [1.29, 1.82) is 0 Å². The average molecular weight is 726 g/mol. The molecule has 0 aliphatic carbocycles. The first-order valence-corrected chi connectivity index (χ1v) is 19.5. The monoisotopic (exact) mass is 726 g/mol. The third kappa shape index (κ3) is 4.36. The maximum absolute atomic E-state index is 5.60. The van der Waals surface area contributed by atoms with E-state index >= 15 is 0 Å². The van der Waals surface area contributed by atoms with Crippen LogP contribution in [0.15, 0.2) is 187 Å². The Morgan fingerprint density at radius 1 is 0.327 bits per heavy atom. The number of benzene rings is 9. The predicted molar refractivity (Wildman–Crippen MR) is 222 cm³/mol. The fourth-order valence-corrected chi connectivity index (χ4v) is 11.2. The summed E-state index contributed by atoms with van der Waals surface area (Å²) in [4.78, 5) is 0. The molecule has 2 heteroatoms. The Kier molecular flexibility index (Phi) is 6.64. The molecule has 0 saturated carbocycles. The summed E-state index contributed by atoms with van der Waals surface area (Å²) in [6.45, 7) is 0. The fraction of sp³-hybridized carbons (Fsp3) is 0.